The Hall–Kier alpha value is -5.68. The van der Waals surface area contributed by atoms with E-state index in [1.165, 1.54) is 177 Å². The maximum atomic E-state index is 14.5. The Kier molecular flexibility index (Phi) is 37.3. The normalized spacial score (nSPS) is 24.5. The summed E-state index contributed by atoms with van der Waals surface area (Å²) in [5.41, 5.74) is 4.11. The maximum Gasteiger partial charge on any atom is 0.308 e. The molecular formula is C98H124Cl4N6O8S5. The minimum absolute atomic E-state index is 0.0890. The Bertz CT molecular complexity index is 4400. The van der Waals surface area contributed by atoms with Gasteiger partial charge in [0.15, 0.2) is 23.1 Å². The van der Waals surface area contributed by atoms with Crippen molar-refractivity contribution in [3.05, 3.63) is 79.0 Å². The molecule has 6 saturated carbocycles. The van der Waals surface area contributed by atoms with Gasteiger partial charge in [0.05, 0.1) is 94.3 Å². The minimum Gasteiger partial charge on any atom is -0.486 e. The Morgan fingerprint density at radius 3 is 1.13 bits per heavy atom. The summed E-state index contributed by atoms with van der Waals surface area (Å²) in [6.07, 6.45) is 48.3. The molecule has 10 unspecified atom stereocenters. The van der Waals surface area contributed by atoms with Crippen molar-refractivity contribution >= 4 is 169 Å². The molecule has 6 fully saturated rings. The molecule has 0 bridgehead atoms. The first-order valence-electron chi connectivity index (χ1n) is 46.2. The highest BCUT2D eigenvalue weighted by atomic mass is 35.5. The summed E-state index contributed by atoms with van der Waals surface area (Å²) in [7, 11) is 0. The average molecular weight is 1820 g/mol. The van der Waals surface area contributed by atoms with Crippen molar-refractivity contribution in [3.8, 4) is 50.6 Å². The highest BCUT2D eigenvalue weighted by molar-refractivity contribution is 7.30. The van der Waals surface area contributed by atoms with E-state index < -0.39 is 39.3 Å². The first kappa shape index (κ1) is 94.5. The number of ether oxygens (including phenoxy) is 4. The second kappa shape index (κ2) is 47.8. The molecule has 652 valence electrons. The van der Waals surface area contributed by atoms with Crippen LogP contribution >= 0.6 is 103 Å². The second-order valence-corrected chi connectivity index (χ2v) is 42.6. The van der Waals surface area contributed by atoms with Crippen molar-refractivity contribution in [1.29, 1.82) is 15.8 Å². The van der Waals surface area contributed by atoms with Crippen LogP contribution in [0.25, 0.3) is 67.7 Å². The number of benzene rings is 1. The molecule has 12 rings (SSSR count). The Morgan fingerprint density at radius 1 is 0.463 bits per heavy atom. The van der Waals surface area contributed by atoms with E-state index in [9.17, 15) is 35.0 Å². The molecule has 6 aromatic rings. The molecule has 6 aliphatic carbocycles. The van der Waals surface area contributed by atoms with Gasteiger partial charge in [-0.15, -0.1) is 91.8 Å². The summed E-state index contributed by atoms with van der Waals surface area (Å²) in [5, 5.41) is 29.3. The summed E-state index contributed by atoms with van der Waals surface area (Å²) in [4.78, 5) is 64.9. The van der Waals surface area contributed by atoms with E-state index in [0.29, 0.717) is 147 Å². The number of unbranched alkanes of at least 4 members (excludes halogenated alkanes) is 24. The van der Waals surface area contributed by atoms with Crippen molar-refractivity contribution in [2.24, 2.45) is 47.3 Å². The molecule has 0 saturated heterocycles. The monoisotopic (exact) mass is 1810 g/mol. The number of esters is 2. The van der Waals surface area contributed by atoms with Crippen LogP contribution in [0.5, 0.6) is 11.5 Å². The van der Waals surface area contributed by atoms with Crippen LogP contribution in [0.2, 0.25) is 0 Å². The number of aromatic nitrogens is 2. The minimum atomic E-state index is -0.490. The molecular weight excluding hydrogens is 1690 g/mol. The predicted molar refractivity (Wildman–Crippen MR) is 501 cm³/mol. The number of rotatable bonds is 46. The fourth-order valence-electron chi connectivity index (χ4n) is 19.7. The molecule has 121 heavy (non-hydrogen) atoms. The molecule has 14 nitrogen and oxygen atoms in total. The fourth-order valence-corrected chi connectivity index (χ4v) is 26.2. The quantitative estimate of drug-likeness (QED) is 0.00871. The van der Waals surface area contributed by atoms with E-state index in [1.54, 1.807) is 22.7 Å². The van der Waals surface area contributed by atoms with E-state index in [-0.39, 0.29) is 64.7 Å². The molecule has 23 heteroatoms. The fraction of sp³-hybridized carbons (Fsp3) is 0.653. The number of halogens is 4. The highest BCUT2D eigenvalue weighted by Gasteiger charge is 2.51. The molecule has 10 atom stereocenters. The van der Waals surface area contributed by atoms with Crippen LogP contribution in [0.15, 0.2) is 57.8 Å². The summed E-state index contributed by atoms with van der Waals surface area (Å²) < 4.78 is 42.4. The molecule has 5 aromatic heterocycles. The van der Waals surface area contributed by atoms with E-state index in [0.717, 1.165) is 113 Å². The van der Waals surface area contributed by atoms with Gasteiger partial charge in [-0.05, 0) is 174 Å². The zero-order valence-corrected chi connectivity index (χ0v) is 78.7. The second-order valence-electron chi connectivity index (χ2n) is 35.4. The SMILES string of the molecule is [C-]#[N+]/C(C#N)=C1/C(=C/c2cc3sc(-c4c(OC5CCC(C(=O)OCC(CCCCCCCC)CCCCCCCCCC)CC5)c(OC5CCC(C(=O)OCC(CCCCCCCC)CCCCCCCCCC)CC5)c(-c5cc6sc(/C=C7\C(=O)C8CC(Cl)C(Cl)CC8C7=C(C#N)C#N)cc6s5)c5nsnc45)cc3s2)C(=O)C2CC(Cl)C(Cl)CC12. The summed E-state index contributed by atoms with van der Waals surface area (Å²) >= 11 is 34.2. The van der Waals surface area contributed by atoms with E-state index in [4.69, 9.17) is 80.7 Å². The van der Waals surface area contributed by atoms with Gasteiger partial charge >= 0.3 is 11.9 Å². The summed E-state index contributed by atoms with van der Waals surface area (Å²) in [6, 6.07) is 14.7. The van der Waals surface area contributed by atoms with Crippen molar-refractivity contribution in [1.82, 2.24) is 8.75 Å². The third-order valence-electron chi connectivity index (χ3n) is 26.7. The van der Waals surface area contributed by atoms with Crippen LogP contribution in [0, 0.1) is 87.9 Å². The first-order chi connectivity index (χ1) is 59.0. The number of allylic oxidation sites excluding steroid dienone is 6. The van der Waals surface area contributed by atoms with E-state index in [2.05, 4.69) is 75.0 Å². The number of nitriles is 3. The van der Waals surface area contributed by atoms with Crippen LogP contribution in [0.4, 0.5) is 0 Å². The first-order valence-corrected chi connectivity index (χ1v) is 51.9. The number of fused-ring (bicyclic) bond motifs is 5. The Labute approximate surface area is 759 Å². The lowest BCUT2D eigenvalue weighted by atomic mass is 9.78. The topological polar surface area (TPSA) is 207 Å². The van der Waals surface area contributed by atoms with Crippen LogP contribution in [-0.4, -0.2) is 79.2 Å². The predicted octanol–water partition coefficient (Wildman–Crippen LogP) is 29.8. The van der Waals surface area contributed by atoms with Crippen LogP contribution < -0.4 is 9.47 Å². The van der Waals surface area contributed by atoms with Crippen molar-refractivity contribution < 1.29 is 38.1 Å². The molecule has 0 amide bonds. The van der Waals surface area contributed by atoms with Gasteiger partial charge in [-0.25, -0.2) is 10.1 Å². The third kappa shape index (κ3) is 24.6. The van der Waals surface area contributed by atoms with Crippen LogP contribution in [-0.2, 0) is 28.7 Å². The molecule has 0 aliphatic heterocycles. The van der Waals surface area contributed by atoms with Crippen molar-refractivity contribution in [2.45, 2.75) is 344 Å². The molecule has 5 heterocycles. The smallest absolute Gasteiger partial charge is 0.308 e. The molecule has 6 aliphatic rings. The van der Waals surface area contributed by atoms with Gasteiger partial charge in [-0.2, -0.15) is 19.3 Å². The molecule has 1 aromatic carbocycles. The number of nitrogens with zero attached hydrogens (tertiary/aromatic N) is 6. The lowest BCUT2D eigenvalue weighted by Gasteiger charge is -2.32. The Balaban J connectivity index is 0.881. The average Bonchev–Trinajstić information content (AvgIpc) is 1.61. The lowest BCUT2D eigenvalue weighted by molar-refractivity contribution is -0.152. The number of thiophene rings is 4. The Morgan fingerprint density at radius 2 is 0.793 bits per heavy atom. The zero-order valence-electron chi connectivity index (χ0n) is 71.6. The molecule has 0 radical (unpaired) electrons. The summed E-state index contributed by atoms with van der Waals surface area (Å²) in [6.45, 7) is 18.0. The van der Waals surface area contributed by atoms with Gasteiger partial charge < -0.3 is 18.9 Å². The number of carbonyl (C=O) groups excluding carboxylic acids is 4. The van der Waals surface area contributed by atoms with Gasteiger partial charge in [0.2, 0.25) is 0 Å². The van der Waals surface area contributed by atoms with Gasteiger partial charge in [0.25, 0.3) is 5.70 Å². The lowest BCUT2D eigenvalue weighted by Crippen LogP contribution is -2.33. The largest absolute Gasteiger partial charge is 0.486 e. The summed E-state index contributed by atoms with van der Waals surface area (Å²) in [5.74, 6) is -1.12. The number of alkyl halides is 4. The number of ketones is 2. The third-order valence-corrected chi connectivity index (χ3v) is 33.9. The van der Waals surface area contributed by atoms with E-state index in [1.807, 2.05) is 12.2 Å². The van der Waals surface area contributed by atoms with Gasteiger partial charge in [-0.1, -0.05) is 207 Å². The highest BCUT2D eigenvalue weighted by Crippen LogP contribution is 2.58. The van der Waals surface area contributed by atoms with Crippen LogP contribution in [0.1, 0.15) is 320 Å². The number of hydrogen-bond acceptors (Lipinski definition) is 18. The maximum absolute atomic E-state index is 14.5. The number of hydrogen-bond donors (Lipinski definition) is 0. The van der Waals surface area contributed by atoms with Gasteiger partial charge in [0.1, 0.15) is 28.7 Å². The number of Topliss-reactive ketones (excluding diaryl/α,β-unsaturated/α-hetero) is 2. The zero-order chi connectivity index (χ0) is 85.3. The van der Waals surface area contributed by atoms with Gasteiger partial charge in [-0.3, -0.25) is 19.2 Å². The van der Waals surface area contributed by atoms with Crippen molar-refractivity contribution in [2.75, 3.05) is 13.2 Å². The van der Waals surface area contributed by atoms with E-state index >= 15 is 0 Å². The molecule has 0 spiro atoms. The van der Waals surface area contributed by atoms with Crippen molar-refractivity contribution in [3.63, 3.8) is 0 Å². The molecule has 0 N–H and O–H groups in total. The van der Waals surface area contributed by atoms with Gasteiger partial charge in [0, 0.05) is 61.3 Å². The van der Waals surface area contributed by atoms with Crippen LogP contribution in [0.3, 0.4) is 0 Å². The standard InChI is InChI=1S/C98H124Cl4N6O8S5/c1-6-10-14-18-22-24-28-32-36-61(34-30-26-20-16-12-8-3)59-113-97(111)63-38-42-66(43-39-63)115-95-89(85-54-83-81(119-85)48-68(117-83)46-74-87(65(56-103)57-104)70-50-76(99)78(101)52-72(70)93(74)109)91-92(108-121-107-91)90(86-55-84-82(120-86)49-69(118-84)47-75-88(80(58-105)106-5)71-51-77(100)79(102)53-73(71)94(75)110)96(95)116-67-44-40-64(41-45-67)98(112)114-60-62(35-31-27-21-17-13-9-4)37-33-29-25-23-19-15-11-7-2/h46-49,54-55,61-64,66-67,70-73,76-79H,6-45,50-53,59-60H2,1-4H3/b74-46-,75-47-,88-80+. The number of carbonyl (C=O) groups is 4.